The molecule has 1 aliphatic rings. The van der Waals surface area contributed by atoms with Gasteiger partial charge in [0.15, 0.2) is 0 Å². The number of hydrogen-bond acceptors (Lipinski definition) is 4. The van der Waals surface area contributed by atoms with Gasteiger partial charge in [0.25, 0.3) is 0 Å². The normalized spacial score (nSPS) is 14.0. The molecule has 0 atom stereocenters. The summed E-state index contributed by atoms with van der Waals surface area (Å²) in [6.07, 6.45) is 1.76. The Morgan fingerprint density at radius 2 is 1.95 bits per heavy atom. The predicted octanol–water partition coefficient (Wildman–Crippen LogP) is 3.60. The van der Waals surface area contributed by atoms with Crippen molar-refractivity contribution in [1.82, 2.24) is 5.28 Å². The smallest absolute Gasteiger partial charge is 0.0894 e. The molecule has 0 radical (unpaired) electrons. The molecule has 0 aromatic heterocycles. The summed E-state index contributed by atoms with van der Waals surface area (Å²) in [4.78, 5) is 0. The zero-order chi connectivity index (χ0) is 14.1. The first-order chi connectivity index (χ1) is 9.72. The second-order valence-corrected chi connectivity index (χ2v) is 4.79. The van der Waals surface area contributed by atoms with Crippen molar-refractivity contribution in [3.63, 3.8) is 0 Å². The Balaban J connectivity index is 2.21. The van der Waals surface area contributed by atoms with Gasteiger partial charge in [-0.25, -0.2) is 0 Å². The molecular formula is C16H17N3O. The summed E-state index contributed by atoms with van der Waals surface area (Å²) in [6.45, 7) is 6.35. The molecule has 0 saturated carbocycles. The van der Waals surface area contributed by atoms with Crippen LogP contribution in [0.2, 0.25) is 0 Å². The fraction of sp³-hybridized carbons (Fsp3) is 0.125. The second kappa shape index (κ2) is 5.00. The SMILES string of the molecule is C=CCN1c2c(ccc(C)c2-c2ccccc2)NN1O. The monoisotopic (exact) mass is 267 g/mol. The lowest BCUT2D eigenvalue weighted by molar-refractivity contribution is -0.0684. The molecule has 102 valence electrons. The van der Waals surface area contributed by atoms with E-state index in [2.05, 4.69) is 37.1 Å². The molecule has 20 heavy (non-hydrogen) atoms. The molecule has 0 fully saturated rings. The Morgan fingerprint density at radius 1 is 1.20 bits per heavy atom. The molecule has 0 unspecified atom stereocenters. The molecule has 0 amide bonds. The van der Waals surface area contributed by atoms with Gasteiger partial charge in [-0.05, 0) is 29.4 Å². The molecule has 4 nitrogen and oxygen atoms in total. The van der Waals surface area contributed by atoms with E-state index < -0.39 is 0 Å². The maximum atomic E-state index is 10.0. The Labute approximate surface area is 118 Å². The fourth-order valence-electron chi connectivity index (χ4n) is 2.57. The second-order valence-electron chi connectivity index (χ2n) is 4.79. The van der Waals surface area contributed by atoms with Gasteiger partial charge in [-0.2, -0.15) is 0 Å². The van der Waals surface area contributed by atoms with Gasteiger partial charge in [-0.1, -0.05) is 42.5 Å². The van der Waals surface area contributed by atoms with Crippen molar-refractivity contribution in [3.05, 3.63) is 60.7 Å². The maximum absolute atomic E-state index is 10.0. The van der Waals surface area contributed by atoms with Crippen LogP contribution in [0.4, 0.5) is 11.4 Å². The number of hydrazine groups is 2. The number of aryl methyl sites for hydroxylation is 1. The fourth-order valence-corrected chi connectivity index (χ4v) is 2.57. The van der Waals surface area contributed by atoms with Crippen molar-refractivity contribution < 1.29 is 5.21 Å². The number of benzene rings is 2. The van der Waals surface area contributed by atoms with Gasteiger partial charge in [0.1, 0.15) is 0 Å². The van der Waals surface area contributed by atoms with Crippen LogP contribution < -0.4 is 10.4 Å². The van der Waals surface area contributed by atoms with Crippen LogP contribution in [0.5, 0.6) is 0 Å². The summed E-state index contributed by atoms with van der Waals surface area (Å²) < 4.78 is 0. The minimum atomic E-state index is 0.528. The lowest BCUT2D eigenvalue weighted by Gasteiger charge is -2.24. The van der Waals surface area contributed by atoms with Crippen LogP contribution in [0.3, 0.4) is 0 Å². The molecule has 4 heteroatoms. The third-order valence-corrected chi connectivity index (χ3v) is 3.46. The van der Waals surface area contributed by atoms with Crippen LogP contribution in [-0.2, 0) is 0 Å². The van der Waals surface area contributed by atoms with Crippen LogP contribution in [0, 0.1) is 6.92 Å². The van der Waals surface area contributed by atoms with Crippen LogP contribution in [0.15, 0.2) is 55.1 Å². The number of anilines is 2. The van der Waals surface area contributed by atoms with E-state index in [9.17, 15) is 5.21 Å². The molecule has 0 saturated heterocycles. The third-order valence-electron chi connectivity index (χ3n) is 3.46. The van der Waals surface area contributed by atoms with E-state index in [-0.39, 0.29) is 0 Å². The summed E-state index contributed by atoms with van der Waals surface area (Å²) in [5.41, 5.74) is 8.21. The Bertz CT molecular complexity index is 640. The number of nitrogens with one attached hydrogen (secondary N) is 1. The van der Waals surface area contributed by atoms with Crippen molar-refractivity contribution in [2.45, 2.75) is 6.92 Å². The van der Waals surface area contributed by atoms with Crippen molar-refractivity contribution in [3.8, 4) is 11.1 Å². The number of rotatable bonds is 3. The summed E-state index contributed by atoms with van der Waals surface area (Å²) in [5, 5.41) is 12.8. The van der Waals surface area contributed by atoms with Gasteiger partial charge in [0.05, 0.1) is 17.9 Å². The lowest BCUT2D eigenvalue weighted by atomic mass is 9.97. The first-order valence-corrected chi connectivity index (χ1v) is 6.55. The van der Waals surface area contributed by atoms with Gasteiger partial charge in [-0.3, -0.25) is 15.6 Å². The van der Waals surface area contributed by atoms with Crippen LogP contribution in [0.1, 0.15) is 5.56 Å². The average molecular weight is 267 g/mol. The number of fused-ring (bicyclic) bond motifs is 1. The molecule has 0 bridgehead atoms. The lowest BCUT2D eigenvalue weighted by Crippen LogP contribution is -2.39. The number of nitrogens with zero attached hydrogens (tertiary/aromatic N) is 2. The van der Waals surface area contributed by atoms with Gasteiger partial charge in [0, 0.05) is 5.56 Å². The highest BCUT2D eigenvalue weighted by atomic mass is 16.6. The standard InChI is InChI=1S/C16H17N3O/c1-3-11-18-16-14(17-19(18)20)10-9-12(2)15(16)13-7-5-4-6-8-13/h3-10,17,20H,1,11H2,2H3. The molecule has 2 aromatic rings. The molecule has 2 N–H and O–H groups in total. The van der Waals surface area contributed by atoms with Gasteiger partial charge >= 0.3 is 0 Å². The molecule has 0 spiro atoms. The van der Waals surface area contributed by atoms with E-state index >= 15 is 0 Å². The molecule has 1 aliphatic heterocycles. The van der Waals surface area contributed by atoms with E-state index in [4.69, 9.17) is 0 Å². The minimum Gasteiger partial charge on any atom is -0.276 e. The third kappa shape index (κ3) is 1.95. The van der Waals surface area contributed by atoms with Gasteiger partial charge < -0.3 is 0 Å². The summed E-state index contributed by atoms with van der Waals surface area (Å²) >= 11 is 0. The van der Waals surface area contributed by atoms with Crippen LogP contribution in [-0.4, -0.2) is 17.0 Å². The Morgan fingerprint density at radius 3 is 2.65 bits per heavy atom. The highest BCUT2D eigenvalue weighted by molar-refractivity contribution is 5.91. The van der Waals surface area contributed by atoms with E-state index in [1.807, 2.05) is 24.3 Å². The van der Waals surface area contributed by atoms with Gasteiger partial charge in [-0.15, -0.1) is 6.58 Å². The maximum Gasteiger partial charge on any atom is 0.0894 e. The zero-order valence-corrected chi connectivity index (χ0v) is 11.4. The largest absolute Gasteiger partial charge is 0.276 e. The average Bonchev–Trinajstić information content (AvgIpc) is 2.77. The topological polar surface area (TPSA) is 38.7 Å². The predicted molar refractivity (Wildman–Crippen MR) is 81.4 cm³/mol. The molecule has 3 rings (SSSR count). The van der Waals surface area contributed by atoms with Crippen molar-refractivity contribution in [1.29, 1.82) is 0 Å². The van der Waals surface area contributed by atoms with Crippen molar-refractivity contribution >= 4 is 11.4 Å². The Kier molecular flexibility index (Phi) is 3.18. The summed E-state index contributed by atoms with van der Waals surface area (Å²) in [7, 11) is 0. The first-order valence-electron chi connectivity index (χ1n) is 6.55. The Hall–Kier alpha value is -2.30. The van der Waals surface area contributed by atoms with Crippen LogP contribution >= 0.6 is 0 Å². The summed E-state index contributed by atoms with van der Waals surface area (Å²) in [6, 6.07) is 14.2. The molecule has 1 heterocycles. The highest BCUT2D eigenvalue weighted by Gasteiger charge is 2.28. The van der Waals surface area contributed by atoms with E-state index in [1.54, 1.807) is 11.1 Å². The van der Waals surface area contributed by atoms with E-state index in [1.165, 1.54) is 5.56 Å². The molecule has 2 aromatic carbocycles. The molecular weight excluding hydrogens is 250 g/mol. The zero-order valence-electron chi connectivity index (χ0n) is 11.4. The summed E-state index contributed by atoms with van der Waals surface area (Å²) in [5.74, 6) is 0. The molecule has 0 aliphatic carbocycles. The van der Waals surface area contributed by atoms with E-state index in [0.717, 1.165) is 27.8 Å². The highest BCUT2D eigenvalue weighted by Crippen LogP contribution is 2.43. The van der Waals surface area contributed by atoms with Crippen molar-refractivity contribution in [2.75, 3.05) is 17.0 Å². The minimum absolute atomic E-state index is 0.528. The van der Waals surface area contributed by atoms with Crippen molar-refractivity contribution in [2.24, 2.45) is 0 Å². The quantitative estimate of drug-likeness (QED) is 0.833. The number of hydrogen-bond donors (Lipinski definition) is 2. The first kappa shape index (κ1) is 12.7. The van der Waals surface area contributed by atoms with Crippen LogP contribution in [0.25, 0.3) is 11.1 Å². The van der Waals surface area contributed by atoms with E-state index in [0.29, 0.717) is 6.54 Å². The van der Waals surface area contributed by atoms with Gasteiger partial charge in [0.2, 0.25) is 0 Å².